The zero-order valence-electron chi connectivity index (χ0n) is 26.9. The van der Waals surface area contributed by atoms with Crippen LogP contribution in [0, 0.1) is 11.8 Å². The number of hydrogen-bond donors (Lipinski definition) is 5. The highest BCUT2D eigenvalue weighted by molar-refractivity contribution is 6.01. The Labute approximate surface area is 265 Å². The molecule has 0 spiro atoms. The Morgan fingerprint density at radius 1 is 0.870 bits per heavy atom. The summed E-state index contributed by atoms with van der Waals surface area (Å²) in [6.45, 7) is 7.54. The summed E-state index contributed by atoms with van der Waals surface area (Å²) < 4.78 is 10.1. The molecule has 2 rings (SSSR count). The molecule has 1 fully saturated rings. The van der Waals surface area contributed by atoms with Crippen LogP contribution in [-0.2, 0) is 44.8 Å². The molecular formula is C28H42N8O10. The Hall–Kier alpha value is -4.90. The number of esters is 2. The molecule has 0 unspecified atom stereocenters. The van der Waals surface area contributed by atoms with Crippen molar-refractivity contribution >= 4 is 47.3 Å². The van der Waals surface area contributed by atoms with E-state index in [0.717, 1.165) is 18.9 Å². The van der Waals surface area contributed by atoms with Gasteiger partial charge in [-0.1, -0.05) is 19.1 Å². The summed E-state index contributed by atoms with van der Waals surface area (Å²) in [5.41, 5.74) is -0.930. The SMILES string of the molecule is COC(=O)c1nnn(CC(=O)[C@H](C[C@@H]2CCNC2=O)NC(=O)[C@H](C)NC(=O)[C@H](C)NC(=O)[C@H](CC(C)C)NC(C)=O)c1C(=O)OC. The lowest BCUT2D eigenvalue weighted by molar-refractivity contribution is -0.134. The fraction of sp³-hybridized carbons (Fsp3) is 0.643. The summed E-state index contributed by atoms with van der Waals surface area (Å²) in [7, 11) is 2.12. The third kappa shape index (κ3) is 10.3. The molecule has 0 aromatic carbocycles. The summed E-state index contributed by atoms with van der Waals surface area (Å²) in [6.07, 6.45) is 0.643. The minimum atomic E-state index is -1.27. The molecule has 1 aromatic rings. The number of hydrogen-bond acceptors (Lipinski definition) is 12. The van der Waals surface area contributed by atoms with Crippen molar-refractivity contribution in [2.24, 2.45) is 11.8 Å². The van der Waals surface area contributed by atoms with Gasteiger partial charge in [0.05, 0.1) is 20.3 Å². The Kier molecular flexibility index (Phi) is 13.8. The first-order chi connectivity index (χ1) is 21.6. The molecule has 5 amide bonds. The largest absolute Gasteiger partial charge is 0.464 e. The van der Waals surface area contributed by atoms with Gasteiger partial charge in [-0.15, -0.1) is 5.10 Å². The summed E-state index contributed by atoms with van der Waals surface area (Å²) in [5.74, 6) is -6.00. The highest BCUT2D eigenvalue weighted by Gasteiger charge is 2.35. The van der Waals surface area contributed by atoms with E-state index in [1.54, 1.807) is 0 Å². The van der Waals surface area contributed by atoms with Gasteiger partial charge in [0.1, 0.15) is 24.7 Å². The molecule has 18 heteroatoms. The van der Waals surface area contributed by atoms with Gasteiger partial charge in [0.25, 0.3) is 0 Å². The molecule has 1 aromatic heterocycles. The first-order valence-electron chi connectivity index (χ1n) is 14.7. The van der Waals surface area contributed by atoms with Crippen LogP contribution >= 0.6 is 0 Å². The number of amides is 5. The van der Waals surface area contributed by atoms with Crippen LogP contribution in [0.2, 0.25) is 0 Å². The van der Waals surface area contributed by atoms with Gasteiger partial charge in [-0.2, -0.15) is 0 Å². The van der Waals surface area contributed by atoms with Crippen molar-refractivity contribution in [3.8, 4) is 0 Å². The van der Waals surface area contributed by atoms with Crippen LogP contribution in [-0.4, -0.2) is 107 Å². The summed E-state index contributed by atoms with van der Waals surface area (Å²) in [6, 6.07) is -4.41. The van der Waals surface area contributed by atoms with E-state index in [1.807, 2.05) is 13.8 Å². The molecule has 0 radical (unpaired) electrons. The smallest absolute Gasteiger partial charge is 0.361 e. The third-order valence-corrected chi connectivity index (χ3v) is 7.09. The van der Waals surface area contributed by atoms with E-state index in [0.29, 0.717) is 19.4 Å². The average Bonchev–Trinajstić information content (AvgIpc) is 3.60. The molecule has 5 N–H and O–H groups in total. The zero-order valence-corrected chi connectivity index (χ0v) is 26.9. The van der Waals surface area contributed by atoms with Crippen LogP contribution in [0.1, 0.15) is 74.9 Å². The van der Waals surface area contributed by atoms with Crippen molar-refractivity contribution in [3.63, 3.8) is 0 Å². The maximum Gasteiger partial charge on any atom is 0.361 e. The van der Waals surface area contributed by atoms with Crippen LogP contribution in [0.5, 0.6) is 0 Å². The Bertz CT molecular complexity index is 1340. The highest BCUT2D eigenvalue weighted by atomic mass is 16.5. The predicted molar refractivity (Wildman–Crippen MR) is 158 cm³/mol. The molecule has 1 saturated heterocycles. The number of carbonyl (C=O) groups is 8. The minimum absolute atomic E-state index is 0.0768. The van der Waals surface area contributed by atoms with Gasteiger partial charge in [-0.05, 0) is 39.0 Å². The van der Waals surface area contributed by atoms with Crippen LogP contribution in [0.15, 0.2) is 0 Å². The number of methoxy groups -OCH3 is 2. The number of carbonyl (C=O) groups excluding carboxylic acids is 8. The summed E-state index contributed by atoms with van der Waals surface area (Å²) in [4.78, 5) is 101. The normalized spacial score (nSPS) is 16.7. The standard InChI is InChI=1S/C28H42N8O10/c1-13(2)10-19(32-16(5)37)26(42)31-14(3)23(39)30-15(4)24(40)33-18(11-17-8-9-29-25(17)41)20(38)12-36-22(28(44)46-7)21(34-35-36)27(43)45-6/h13-15,17-19H,8-12H2,1-7H3,(H,29,41)(H,30,39)(H,31,42)(H,32,37)(H,33,40)/t14-,15-,17-,18-,19-/m0/s1. The molecule has 254 valence electrons. The van der Waals surface area contributed by atoms with Crippen molar-refractivity contribution in [1.29, 1.82) is 0 Å². The van der Waals surface area contributed by atoms with E-state index in [9.17, 15) is 38.4 Å². The lowest BCUT2D eigenvalue weighted by Gasteiger charge is -2.24. The first kappa shape index (κ1) is 37.3. The third-order valence-electron chi connectivity index (χ3n) is 7.09. The van der Waals surface area contributed by atoms with E-state index >= 15 is 0 Å². The second kappa shape index (κ2) is 17.0. The van der Waals surface area contributed by atoms with Crippen molar-refractivity contribution in [2.45, 2.75) is 84.6 Å². The predicted octanol–water partition coefficient (Wildman–Crippen LogP) is -2.01. The van der Waals surface area contributed by atoms with Gasteiger partial charge in [0.2, 0.25) is 35.2 Å². The number of ketones is 1. The van der Waals surface area contributed by atoms with Crippen molar-refractivity contribution in [3.05, 3.63) is 11.4 Å². The first-order valence-corrected chi connectivity index (χ1v) is 14.7. The van der Waals surface area contributed by atoms with Crippen molar-refractivity contribution < 1.29 is 47.8 Å². The van der Waals surface area contributed by atoms with Crippen LogP contribution in [0.25, 0.3) is 0 Å². The molecule has 5 atom stereocenters. The van der Waals surface area contributed by atoms with E-state index in [1.165, 1.54) is 20.8 Å². The zero-order chi connectivity index (χ0) is 34.7. The molecule has 0 bridgehead atoms. The molecule has 0 saturated carbocycles. The van der Waals surface area contributed by atoms with Crippen LogP contribution < -0.4 is 26.6 Å². The van der Waals surface area contributed by atoms with Gasteiger partial charge < -0.3 is 36.1 Å². The number of nitrogens with zero attached hydrogens (tertiary/aromatic N) is 3. The number of nitrogens with one attached hydrogen (secondary N) is 5. The molecule has 1 aliphatic rings. The monoisotopic (exact) mass is 650 g/mol. The van der Waals surface area contributed by atoms with Crippen molar-refractivity contribution in [1.82, 2.24) is 41.6 Å². The quantitative estimate of drug-likeness (QED) is 0.122. The topological polar surface area (TPSA) is 246 Å². The van der Waals surface area contributed by atoms with Gasteiger partial charge in [0, 0.05) is 19.4 Å². The van der Waals surface area contributed by atoms with Gasteiger partial charge >= 0.3 is 11.9 Å². The number of rotatable bonds is 16. The lowest BCUT2D eigenvalue weighted by atomic mass is 9.95. The molecule has 2 heterocycles. The lowest BCUT2D eigenvalue weighted by Crippen LogP contribution is -2.56. The van der Waals surface area contributed by atoms with Crippen LogP contribution in [0.3, 0.4) is 0 Å². The maximum atomic E-state index is 13.5. The summed E-state index contributed by atoms with van der Waals surface area (Å²) in [5, 5.41) is 20.1. The van der Waals surface area contributed by atoms with Crippen LogP contribution in [0.4, 0.5) is 0 Å². The second-order valence-electron chi connectivity index (χ2n) is 11.3. The van der Waals surface area contributed by atoms with E-state index in [-0.39, 0.29) is 18.2 Å². The number of Topliss-reactive ketones (excluding diaryl/α,β-unsaturated/α-hetero) is 1. The second-order valence-corrected chi connectivity index (χ2v) is 11.3. The minimum Gasteiger partial charge on any atom is -0.464 e. The fourth-order valence-corrected chi connectivity index (χ4v) is 4.67. The highest BCUT2D eigenvalue weighted by Crippen LogP contribution is 2.18. The van der Waals surface area contributed by atoms with E-state index in [4.69, 9.17) is 4.74 Å². The summed E-state index contributed by atoms with van der Waals surface area (Å²) >= 11 is 0. The Morgan fingerprint density at radius 2 is 1.46 bits per heavy atom. The van der Waals surface area contributed by atoms with E-state index < -0.39 is 89.4 Å². The number of aromatic nitrogens is 3. The molecule has 0 aliphatic carbocycles. The average molecular weight is 651 g/mol. The Balaban J connectivity index is 2.17. The number of ether oxygens (including phenoxy) is 2. The van der Waals surface area contributed by atoms with Gasteiger partial charge in [-0.25, -0.2) is 14.3 Å². The van der Waals surface area contributed by atoms with Gasteiger partial charge in [0.15, 0.2) is 11.5 Å². The maximum absolute atomic E-state index is 13.5. The molecular weight excluding hydrogens is 608 g/mol. The fourth-order valence-electron chi connectivity index (χ4n) is 4.67. The molecule has 46 heavy (non-hydrogen) atoms. The van der Waals surface area contributed by atoms with Crippen molar-refractivity contribution in [2.75, 3.05) is 20.8 Å². The molecule has 18 nitrogen and oxygen atoms in total. The Morgan fingerprint density at radius 3 is 1.98 bits per heavy atom. The van der Waals surface area contributed by atoms with E-state index in [2.05, 4.69) is 41.6 Å². The van der Waals surface area contributed by atoms with Gasteiger partial charge in [-0.3, -0.25) is 28.8 Å². The molecule has 1 aliphatic heterocycles.